The Morgan fingerprint density at radius 3 is 2.72 bits per heavy atom. The molecule has 1 heterocycles. The Morgan fingerprint density at radius 2 is 2.11 bits per heavy atom. The molecule has 2 rings (SSSR count). The minimum Gasteiger partial charge on any atom is -0.352 e. The fourth-order valence-corrected chi connectivity index (χ4v) is 2.17. The molecule has 0 aliphatic carbocycles. The molecule has 5 heteroatoms. The van der Waals surface area contributed by atoms with Crippen LogP contribution in [0.4, 0.5) is 0 Å². The molecule has 100 valence electrons. The van der Waals surface area contributed by atoms with Gasteiger partial charge in [0.25, 0.3) is 0 Å². The van der Waals surface area contributed by atoms with E-state index in [1.54, 1.807) is 0 Å². The monoisotopic (exact) mass is 288 g/mol. The van der Waals surface area contributed by atoms with E-state index in [1.165, 1.54) is 0 Å². The standard InChI is InChI=1S/C13H17ClN2O.ClH/c14-11-5-3-10(4-6-11)8-13(17)16-12-2-1-7-15-9-12;/h3-6,12,15H,1-2,7-9H2,(H,16,17);1H. The second-order valence-corrected chi connectivity index (χ2v) is 4.85. The largest absolute Gasteiger partial charge is 0.352 e. The number of rotatable bonds is 3. The Labute approximate surface area is 119 Å². The number of amides is 1. The highest BCUT2D eigenvalue weighted by molar-refractivity contribution is 6.30. The van der Waals surface area contributed by atoms with Crippen LogP contribution in [0.5, 0.6) is 0 Å². The van der Waals surface area contributed by atoms with Crippen molar-refractivity contribution in [3.63, 3.8) is 0 Å². The summed E-state index contributed by atoms with van der Waals surface area (Å²) in [6, 6.07) is 7.68. The Bertz CT molecular complexity index is 375. The van der Waals surface area contributed by atoms with E-state index in [1.807, 2.05) is 24.3 Å². The number of carbonyl (C=O) groups is 1. The van der Waals surface area contributed by atoms with Crippen LogP contribution in [-0.2, 0) is 11.2 Å². The number of hydrogen-bond donors (Lipinski definition) is 2. The topological polar surface area (TPSA) is 41.1 Å². The normalized spacial score (nSPS) is 18.8. The first-order chi connectivity index (χ1) is 8.24. The van der Waals surface area contributed by atoms with Crippen molar-refractivity contribution in [3.05, 3.63) is 34.9 Å². The van der Waals surface area contributed by atoms with Gasteiger partial charge in [0.2, 0.25) is 5.91 Å². The third-order valence-electron chi connectivity index (χ3n) is 2.94. The third-order valence-corrected chi connectivity index (χ3v) is 3.19. The van der Waals surface area contributed by atoms with Gasteiger partial charge < -0.3 is 10.6 Å². The molecule has 2 N–H and O–H groups in total. The van der Waals surface area contributed by atoms with Gasteiger partial charge in [0, 0.05) is 17.6 Å². The Balaban J connectivity index is 0.00000162. The van der Waals surface area contributed by atoms with Crippen LogP contribution in [0.1, 0.15) is 18.4 Å². The summed E-state index contributed by atoms with van der Waals surface area (Å²) in [4.78, 5) is 11.8. The van der Waals surface area contributed by atoms with E-state index < -0.39 is 0 Å². The van der Waals surface area contributed by atoms with Crippen LogP contribution in [0.25, 0.3) is 0 Å². The van der Waals surface area contributed by atoms with Gasteiger partial charge in [-0.15, -0.1) is 12.4 Å². The van der Waals surface area contributed by atoms with Gasteiger partial charge >= 0.3 is 0 Å². The van der Waals surface area contributed by atoms with Crippen molar-refractivity contribution >= 4 is 29.9 Å². The fraction of sp³-hybridized carbons (Fsp3) is 0.462. The van der Waals surface area contributed by atoms with Gasteiger partial charge in [-0.25, -0.2) is 0 Å². The molecule has 1 amide bonds. The molecular weight excluding hydrogens is 271 g/mol. The van der Waals surface area contributed by atoms with Crippen molar-refractivity contribution in [2.75, 3.05) is 13.1 Å². The molecular formula is C13H18Cl2N2O. The molecule has 3 nitrogen and oxygen atoms in total. The lowest BCUT2D eigenvalue weighted by molar-refractivity contribution is -0.121. The van der Waals surface area contributed by atoms with Crippen LogP contribution in [0.3, 0.4) is 0 Å². The Morgan fingerprint density at radius 1 is 1.39 bits per heavy atom. The van der Waals surface area contributed by atoms with Gasteiger partial charge in [0.15, 0.2) is 0 Å². The second kappa shape index (κ2) is 7.62. The van der Waals surface area contributed by atoms with Crippen LogP contribution >= 0.6 is 24.0 Å². The lowest BCUT2D eigenvalue weighted by Crippen LogP contribution is -2.46. The van der Waals surface area contributed by atoms with Crippen molar-refractivity contribution in [2.24, 2.45) is 0 Å². The lowest BCUT2D eigenvalue weighted by atomic mass is 10.1. The highest BCUT2D eigenvalue weighted by atomic mass is 35.5. The molecule has 0 spiro atoms. The molecule has 0 radical (unpaired) electrons. The van der Waals surface area contributed by atoms with Gasteiger partial charge in [0.05, 0.1) is 6.42 Å². The van der Waals surface area contributed by atoms with Crippen LogP contribution < -0.4 is 10.6 Å². The van der Waals surface area contributed by atoms with Crippen molar-refractivity contribution in [3.8, 4) is 0 Å². The van der Waals surface area contributed by atoms with Gasteiger partial charge in [-0.05, 0) is 37.1 Å². The average molecular weight is 289 g/mol. The van der Waals surface area contributed by atoms with E-state index in [9.17, 15) is 4.79 Å². The zero-order valence-electron chi connectivity index (χ0n) is 10.1. The molecule has 1 unspecified atom stereocenters. The van der Waals surface area contributed by atoms with Crippen molar-refractivity contribution < 1.29 is 4.79 Å². The highest BCUT2D eigenvalue weighted by Crippen LogP contribution is 2.10. The number of carbonyl (C=O) groups excluding carboxylic acids is 1. The van der Waals surface area contributed by atoms with E-state index in [0.29, 0.717) is 11.4 Å². The summed E-state index contributed by atoms with van der Waals surface area (Å²) >= 11 is 5.80. The molecule has 0 aromatic heterocycles. The molecule has 1 aromatic carbocycles. The number of hydrogen-bond acceptors (Lipinski definition) is 2. The number of nitrogens with one attached hydrogen (secondary N) is 2. The second-order valence-electron chi connectivity index (χ2n) is 4.41. The van der Waals surface area contributed by atoms with Crippen molar-refractivity contribution in [1.82, 2.24) is 10.6 Å². The average Bonchev–Trinajstić information content (AvgIpc) is 2.33. The molecule has 1 atom stereocenters. The Hall–Kier alpha value is -0.770. The molecule has 1 aliphatic heterocycles. The van der Waals surface area contributed by atoms with Crippen LogP contribution in [0.2, 0.25) is 5.02 Å². The minimum atomic E-state index is 0. The summed E-state index contributed by atoms with van der Waals surface area (Å²) in [5, 5.41) is 7.03. The van der Waals surface area contributed by atoms with E-state index in [0.717, 1.165) is 31.5 Å². The predicted octanol–water partition coefficient (Wildman–Crippen LogP) is 2.17. The highest BCUT2D eigenvalue weighted by Gasteiger charge is 2.15. The van der Waals surface area contributed by atoms with E-state index >= 15 is 0 Å². The summed E-state index contributed by atoms with van der Waals surface area (Å²) in [6.45, 7) is 1.94. The molecule has 1 saturated heterocycles. The quantitative estimate of drug-likeness (QED) is 0.895. The minimum absolute atomic E-state index is 0. The van der Waals surface area contributed by atoms with E-state index in [-0.39, 0.29) is 24.4 Å². The molecule has 18 heavy (non-hydrogen) atoms. The zero-order valence-corrected chi connectivity index (χ0v) is 11.7. The molecule has 0 bridgehead atoms. The summed E-state index contributed by atoms with van der Waals surface area (Å²) in [6.07, 6.45) is 2.62. The predicted molar refractivity (Wildman–Crippen MR) is 76.4 cm³/mol. The first-order valence-electron chi connectivity index (χ1n) is 5.98. The van der Waals surface area contributed by atoms with Gasteiger partial charge in [-0.2, -0.15) is 0 Å². The lowest BCUT2D eigenvalue weighted by Gasteiger charge is -2.23. The first-order valence-corrected chi connectivity index (χ1v) is 6.36. The maximum absolute atomic E-state index is 11.8. The number of benzene rings is 1. The van der Waals surface area contributed by atoms with Crippen LogP contribution in [0, 0.1) is 0 Å². The van der Waals surface area contributed by atoms with Gasteiger partial charge in [0.1, 0.15) is 0 Å². The van der Waals surface area contributed by atoms with E-state index in [2.05, 4.69) is 10.6 Å². The summed E-state index contributed by atoms with van der Waals surface area (Å²) in [7, 11) is 0. The first kappa shape index (κ1) is 15.3. The van der Waals surface area contributed by atoms with Crippen LogP contribution in [0.15, 0.2) is 24.3 Å². The number of piperidine rings is 1. The zero-order chi connectivity index (χ0) is 12.1. The SMILES string of the molecule is Cl.O=C(Cc1ccc(Cl)cc1)NC1CCCNC1. The molecule has 0 saturated carbocycles. The summed E-state index contributed by atoms with van der Waals surface area (Å²) in [5.41, 5.74) is 0.996. The molecule has 1 aliphatic rings. The smallest absolute Gasteiger partial charge is 0.224 e. The van der Waals surface area contributed by atoms with Gasteiger partial charge in [-0.1, -0.05) is 23.7 Å². The van der Waals surface area contributed by atoms with E-state index in [4.69, 9.17) is 11.6 Å². The summed E-state index contributed by atoms with van der Waals surface area (Å²) in [5.74, 6) is 0.0843. The van der Waals surface area contributed by atoms with Crippen molar-refractivity contribution in [1.29, 1.82) is 0 Å². The maximum Gasteiger partial charge on any atom is 0.224 e. The number of halogens is 2. The molecule has 1 aromatic rings. The maximum atomic E-state index is 11.8. The molecule has 1 fully saturated rings. The van der Waals surface area contributed by atoms with Gasteiger partial charge in [-0.3, -0.25) is 4.79 Å². The summed E-state index contributed by atoms with van der Waals surface area (Å²) < 4.78 is 0. The Kier molecular flexibility index (Phi) is 6.47. The van der Waals surface area contributed by atoms with Crippen molar-refractivity contribution in [2.45, 2.75) is 25.3 Å². The van der Waals surface area contributed by atoms with Crippen LogP contribution in [-0.4, -0.2) is 25.0 Å². The fourth-order valence-electron chi connectivity index (χ4n) is 2.04. The third kappa shape index (κ3) is 4.84.